The SMILES string of the molecule is CCCc1ccc([C@@H]([NH2+]CC(=O)Nc2ccc(NC(C)=O)cc2)c2cccs2)cc1. The first-order chi connectivity index (χ1) is 14.5. The van der Waals surface area contributed by atoms with Crippen LogP contribution in [0.25, 0.3) is 0 Å². The zero-order valence-corrected chi connectivity index (χ0v) is 18.2. The molecular weight excluding hydrogens is 394 g/mol. The fourth-order valence-electron chi connectivity index (χ4n) is 3.34. The van der Waals surface area contributed by atoms with Gasteiger partial charge in [0.25, 0.3) is 5.91 Å². The Morgan fingerprint density at radius 1 is 0.967 bits per heavy atom. The normalized spacial score (nSPS) is 11.7. The van der Waals surface area contributed by atoms with E-state index in [9.17, 15) is 9.59 Å². The lowest BCUT2D eigenvalue weighted by Gasteiger charge is -2.15. The number of carbonyl (C=O) groups is 2. The van der Waals surface area contributed by atoms with Crippen LogP contribution in [-0.2, 0) is 16.0 Å². The van der Waals surface area contributed by atoms with E-state index in [4.69, 9.17) is 0 Å². The van der Waals surface area contributed by atoms with E-state index in [0.29, 0.717) is 17.9 Å². The van der Waals surface area contributed by atoms with Gasteiger partial charge in [-0.3, -0.25) is 9.59 Å². The maximum atomic E-state index is 12.5. The lowest BCUT2D eigenvalue weighted by atomic mass is 10.0. The summed E-state index contributed by atoms with van der Waals surface area (Å²) in [6.07, 6.45) is 2.21. The number of benzene rings is 2. The highest BCUT2D eigenvalue weighted by molar-refractivity contribution is 7.10. The van der Waals surface area contributed by atoms with Crippen molar-refractivity contribution in [1.82, 2.24) is 0 Å². The quantitative estimate of drug-likeness (QED) is 0.488. The van der Waals surface area contributed by atoms with E-state index in [2.05, 4.69) is 58.6 Å². The van der Waals surface area contributed by atoms with Crippen molar-refractivity contribution >= 4 is 34.5 Å². The molecule has 2 aromatic carbocycles. The fourth-order valence-corrected chi connectivity index (χ4v) is 4.19. The van der Waals surface area contributed by atoms with Crippen molar-refractivity contribution in [3.63, 3.8) is 0 Å². The van der Waals surface area contributed by atoms with Gasteiger partial charge in [-0.2, -0.15) is 0 Å². The molecule has 4 N–H and O–H groups in total. The molecule has 156 valence electrons. The molecule has 0 aliphatic heterocycles. The first kappa shape index (κ1) is 21.7. The third-order valence-electron chi connectivity index (χ3n) is 4.76. The summed E-state index contributed by atoms with van der Waals surface area (Å²) in [5.41, 5.74) is 3.95. The lowest BCUT2D eigenvalue weighted by molar-refractivity contribution is -0.675. The molecule has 0 fully saturated rings. The molecule has 0 spiro atoms. The molecule has 6 heteroatoms. The Morgan fingerprint density at radius 3 is 2.20 bits per heavy atom. The summed E-state index contributed by atoms with van der Waals surface area (Å²) >= 11 is 1.70. The first-order valence-electron chi connectivity index (χ1n) is 10.2. The Labute approximate surface area is 181 Å². The van der Waals surface area contributed by atoms with Gasteiger partial charge in [0.05, 0.1) is 4.88 Å². The van der Waals surface area contributed by atoms with E-state index in [1.165, 1.54) is 22.9 Å². The number of thiophene rings is 1. The Hall–Kier alpha value is -2.96. The summed E-state index contributed by atoms with van der Waals surface area (Å²) < 4.78 is 0. The van der Waals surface area contributed by atoms with E-state index >= 15 is 0 Å². The number of amides is 2. The molecule has 0 aliphatic carbocycles. The minimum Gasteiger partial charge on any atom is -0.328 e. The van der Waals surface area contributed by atoms with Crippen LogP contribution in [0.3, 0.4) is 0 Å². The van der Waals surface area contributed by atoms with Crippen molar-refractivity contribution in [1.29, 1.82) is 0 Å². The predicted molar refractivity (Wildman–Crippen MR) is 123 cm³/mol. The summed E-state index contributed by atoms with van der Waals surface area (Å²) in [7, 11) is 0. The number of nitrogens with one attached hydrogen (secondary N) is 2. The Bertz CT molecular complexity index is 951. The van der Waals surface area contributed by atoms with E-state index in [1.54, 1.807) is 35.6 Å². The van der Waals surface area contributed by atoms with Crippen molar-refractivity contribution in [2.24, 2.45) is 0 Å². The van der Waals surface area contributed by atoms with Crippen LogP contribution >= 0.6 is 11.3 Å². The second kappa shape index (κ2) is 10.7. The monoisotopic (exact) mass is 422 g/mol. The van der Waals surface area contributed by atoms with Crippen LogP contribution in [0, 0.1) is 0 Å². The molecule has 0 radical (unpaired) electrons. The number of nitrogens with two attached hydrogens (primary N) is 1. The molecule has 2 amide bonds. The molecule has 0 unspecified atom stereocenters. The van der Waals surface area contributed by atoms with Gasteiger partial charge in [0, 0.05) is 23.9 Å². The number of rotatable bonds is 9. The molecule has 0 saturated carbocycles. The number of aryl methyl sites for hydroxylation is 1. The zero-order valence-electron chi connectivity index (χ0n) is 17.4. The second-order valence-electron chi connectivity index (χ2n) is 7.23. The van der Waals surface area contributed by atoms with Crippen LogP contribution in [0.1, 0.15) is 42.3 Å². The van der Waals surface area contributed by atoms with Crippen LogP contribution in [-0.4, -0.2) is 18.4 Å². The lowest BCUT2D eigenvalue weighted by Crippen LogP contribution is -2.87. The highest BCUT2D eigenvalue weighted by Crippen LogP contribution is 2.23. The number of hydrogen-bond donors (Lipinski definition) is 3. The van der Waals surface area contributed by atoms with Gasteiger partial charge in [-0.1, -0.05) is 43.7 Å². The molecule has 30 heavy (non-hydrogen) atoms. The molecule has 0 bridgehead atoms. The van der Waals surface area contributed by atoms with E-state index in [-0.39, 0.29) is 17.9 Å². The van der Waals surface area contributed by atoms with Crippen LogP contribution in [0.15, 0.2) is 66.0 Å². The van der Waals surface area contributed by atoms with Crippen LogP contribution in [0.2, 0.25) is 0 Å². The van der Waals surface area contributed by atoms with E-state index < -0.39 is 0 Å². The van der Waals surface area contributed by atoms with Crippen molar-refractivity contribution in [3.05, 3.63) is 82.0 Å². The Morgan fingerprint density at radius 2 is 1.63 bits per heavy atom. The van der Waals surface area contributed by atoms with Crippen molar-refractivity contribution in [2.75, 3.05) is 17.2 Å². The Balaban J connectivity index is 1.62. The van der Waals surface area contributed by atoms with Gasteiger partial charge >= 0.3 is 0 Å². The average Bonchev–Trinajstić information content (AvgIpc) is 3.25. The van der Waals surface area contributed by atoms with E-state index in [0.717, 1.165) is 12.8 Å². The van der Waals surface area contributed by atoms with Gasteiger partial charge in [-0.15, -0.1) is 11.3 Å². The summed E-state index contributed by atoms with van der Waals surface area (Å²) in [5, 5.41) is 9.77. The first-order valence-corrected chi connectivity index (χ1v) is 11.1. The second-order valence-corrected chi connectivity index (χ2v) is 8.21. The third kappa shape index (κ3) is 6.27. The molecule has 0 saturated heterocycles. The minimum absolute atomic E-state index is 0.0635. The summed E-state index contributed by atoms with van der Waals surface area (Å²) in [6.45, 7) is 3.96. The van der Waals surface area contributed by atoms with Crippen molar-refractivity contribution in [3.8, 4) is 0 Å². The molecule has 1 atom stereocenters. The summed E-state index contributed by atoms with van der Waals surface area (Å²) in [5.74, 6) is -0.185. The number of carbonyl (C=O) groups excluding carboxylic acids is 2. The van der Waals surface area contributed by atoms with Gasteiger partial charge in [0.15, 0.2) is 6.54 Å². The molecule has 3 aromatic rings. The van der Waals surface area contributed by atoms with Crippen molar-refractivity contribution in [2.45, 2.75) is 32.7 Å². The van der Waals surface area contributed by atoms with Gasteiger partial charge in [0.1, 0.15) is 6.04 Å². The fraction of sp³-hybridized carbons (Fsp3) is 0.250. The summed E-state index contributed by atoms with van der Waals surface area (Å²) in [4.78, 5) is 24.8. The van der Waals surface area contributed by atoms with Crippen LogP contribution in [0.4, 0.5) is 11.4 Å². The van der Waals surface area contributed by atoms with Crippen LogP contribution in [0.5, 0.6) is 0 Å². The largest absolute Gasteiger partial charge is 0.328 e. The molecular formula is C24H28N3O2S+. The molecule has 0 aliphatic rings. The van der Waals surface area contributed by atoms with Gasteiger partial charge < -0.3 is 16.0 Å². The van der Waals surface area contributed by atoms with Gasteiger partial charge in [-0.05, 0) is 47.7 Å². The van der Waals surface area contributed by atoms with Gasteiger partial charge in [0.2, 0.25) is 5.91 Å². The average molecular weight is 423 g/mol. The highest BCUT2D eigenvalue weighted by Gasteiger charge is 2.20. The zero-order chi connectivity index (χ0) is 21.3. The summed E-state index contributed by atoms with van der Waals surface area (Å²) in [6, 6.07) is 20.1. The Kier molecular flexibility index (Phi) is 7.76. The topological polar surface area (TPSA) is 74.8 Å². The maximum absolute atomic E-state index is 12.5. The van der Waals surface area contributed by atoms with Crippen LogP contribution < -0.4 is 16.0 Å². The number of anilines is 2. The standard InChI is InChI=1S/C24H27N3O2S/c1-3-5-18-7-9-19(10-8-18)24(22-6-4-15-30-22)25-16-23(29)27-21-13-11-20(12-14-21)26-17(2)28/h4,6-15,24-25H,3,5,16H2,1-2H3,(H,26,28)(H,27,29)/p+1/t24-/m1/s1. The highest BCUT2D eigenvalue weighted by atomic mass is 32.1. The van der Waals surface area contributed by atoms with E-state index in [1.807, 2.05) is 6.07 Å². The number of hydrogen-bond acceptors (Lipinski definition) is 3. The third-order valence-corrected chi connectivity index (χ3v) is 5.71. The molecule has 3 rings (SSSR count). The molecule has 1 aromatic heterocycles. The molecule has 5 nitrogen and oxygen atoms in total. The maximum Gasteiger partial charge on any atom is 0.279 e. The minimum atomic E-state index is -0.122. The predicted octanol–water partition coefficient (Wildman–Crippen LogP) is 3.95. The smallest absolute Gasteiger partial charge is 0.279 e. The molecule has 1 heterocycles. The van der Waals surface area contributed by atoms with Crippen molar-refractivity contribution < 1.29 is 14.9 Å². The van der Waals surface area contributed by atoms with Gasteiger partial charge in [-0.25, -0.2) is 0 Å². The number of quaternary nitrogens is 1.